The van der Waals surface area contributed by atoms with Crippen molar-refractivity contribution in [2.24, 2.45) is 0 Å². The Hall–Kier alpha value is -0.430. The molecule has 21 heavy (non-hydrogen) atoms. The summed E-state index contributed by atoms with van der Waals surface area (Å²) < 4.78 is 9.06. The molecule has 0 aliphatic rings. The predicted molar refractivity (Wildman–Crippen MR) is 90.6 cm³/mol. The number of nitrogens with one attached hydrogen (secondary N) is 1. The summed E-state index contributed by atoms with van der Waals surface area (Å²) in [5.74, 6) is 0. The fourth-order valence-corrected chi connectivity index (χ4v) is 2.99. The number of halogens is 1. The molecule has 0 spiro atoms. The molecular weight excluding hydrogens is 332 g/mol. The maximum absolute atomic E-state index is 5.97. The highest BCUT2D eigenvalue weighted by Crippen LogP contribution is 2.33. The van der Waals surface area contributed by atoms with Crippen molar-refractivity contribution in [3.63, 3.8) is 0 Å². The van der Waals surface area contributed by atoms with Gasteiger partial charge in [-0.1, -0.05) is 6.92 Å². The zero-order valence-corrected chi connectivity index (χ0v) is 15.7. The van der Waals surface area contributed by atoms with Crippen molar-refractivity contribution in [1.29, 1.82) is 0 Å². The van der Waals surface area contributed by atoms with Crippen LogP contribution in [-0.4, -0.2) is 54.1 Å². The van der Waals surface area contributed by atoms with E-state index in [2.05, 4.69) is 70.8 Å². The van der Waals surface area contributed by atoms with E-state index >= 15 is 0 Å². The molecule has 1 N–H and O–H groups in total. The van der Waals surface area contributed by atoms with Crippen LogP contribution in [-0.2, 0) is 11.3 Å². The minimum atomic E-state index is -0.302. The Morgan fingerprint density at radius 1 is 1.43 bits per heavy atom. The molecule has 0 amide bonds. The Morgan fingerprint density at radius 2 is 2.10 bits per heavy atom. The highest BCUT2D eigenvalue weighted by atomic mass is 79.9. The third kappa shape index (κ3) is 5.06. The summed E-state index contributed by atoms with van der Waals surface area (Å²) in [6.07, 6.45) is 1.87. The van der Waals surface area contributed by atoms with E-state index in [1.54, 1.807) is 0 Å². The third-order valence-corrected chi connectivity index (χ3v) is 4.10. The second kappa shape index (κ2) is 8.27. The van der Waals surface area contributed by atoms with Gasteiger partial charge in [-0.2, -0.15) is 5.10 Å². The average Bonchev–Trinajstić information content (AvgIpc) is 2.74. The number of hydrogen-bond acceptors (Lipinski definition) is 4. The zero-order valence-electron chi connectivity index (χ0n) is 14.1. The van der Waals surface area contributed by atoms with E-state index in [1.807, 2.05) is 13.1 Å². The normalized spacial score (nSPS) is 13.9. The van der Waals surface area contributed by atoms with E-state index in [1.165, 1.54) is 0 Å². The van der Waals surface area contributed by atoms with Crippen molar-refractivity contribution in [3.05, 3.63) is 16.4 Å². The maximum Gasteiger partial charge on any atom is 0.0835 e. The number of ether oxygens (including phenoxy) is 1. The van der Waals surface area contributed by atoms with Gasteiger partial charge in [-0.25, -0.2) is 0 Å². The number of nitrogens with zero attached hydrogens (tertiary/aromatic N) is 3. The number of aromatic nitrogens is 2. The summed E-state index contributed by atoms with van der Waals surface area (Å²) >= 11 is 3.65. The summed E-state index contributed by atoms with van der Waals surface area (Å²) in [4.78, 5) is 2.16. The molecular formula is C15H29BrN4O. The largest absolute Gasteiger partial charge is 0.374 e. The van der Waals surface area contributed by atoms with Gasteiger partial charge in [0.05, 0.1) is 34.6 Å². The van der Waals surface area contributed by atoms with E-state index in [0.717, 1.165) is 29.8 Å². The average molecular weight is 361 g/mol. The van der Waals surface area contributed by atoms with E-state index < -0.39 is 0 Å². The van der Waals surface area contributed by atoms with Crippen molar-refractivity contribution < 1.29 is 4.74 Å². The van der Waals surface area contributed by atoms with Crippen molar-refractivity contribution in [2.75, 3.05) is 33.8 Å². The summed E-state index contributed by atoms with van der Waals surface area (Å²) in [6.45, 7) is 11.8. The Labute approximate surface area is 137 Å². The Balaban J connectivity index is 3.09. The summed E-state index contributed by atoms with van der Waals surface area (Å²) in [6, 6.07) is 0.0847. The van der Waals surface area contributed by atoms with E-state index in [4.69, 9.17) is 4.74 Å². The van der Waals surface area contributed by atoms with Crippen molar-refractivity contribution in [3.8, 4) is 0 Å². The van der Waals surface area contributed by atoms with Gasteiger partial charge >= 0.3 is 0 Å². The Morgan fingerprint density at radius 3 is 2.62 bits per heavy atom. The zero-order chi connectivity index (χ0) is 16.0. The molecule has 0 saturated heterocycles. The number of likely N-dealkylation sites (N-methyl/N-ethyl adjacent to an activating group) is 2. The molecule has 1 aromatic rings. The molecule has 1 rings (SSSR count). The Bertz CT molecular complexity index is 431. The van der Waals surface area contributed by atoms with Crippen molar-refractivity contribution in [1.82, 2.24) is 20.0 Å². The van der Waals surface area contributed by atoms with Gasteiger partial charge in [-0.3, -0.25) is 4.68 Å². The molecule has 5 nitrogen and oxygen atoms in total. The van der Waals surface area contributed by atoms with Crippen LogP contribution in [0.3, 0.4) is 0 Å². The van der Waals surface area contributed by atoms with Crippen LogP contribution in [0, 0.1) is 0 Å². The lowest BCUT2D eigenvalue weighted by molar-refractivity contribution is -0.0411. The van der Waals surface area contributed by atoms with Crippen molar-refractivity contribution >= 4 is 15.9 Å². The fraction of sp³-hybridized carbons (Fsp3) is 0.800. The lowest BCUT2D eigenvalue weighted by atomic mass is 9.95. The van der Waals surface area contributed by atoms with Gasteiger partial charge in [-0.15, -0.1) is 0 Å². The molecule has 1 atom stereocenters. The topological polar surface area (TPSA) is 42.3 Å². The molecule has 0 saturated carbocycles. The summed E-state index contributed by atoms with van der Waals surface area (Å²) in [5, 5.41) is 8.06. The third-order valence-electron chi connectivity index (χ3n) is 3.49. The number of rotatable bonds is 9. The molecule has 0 aliphatic carbocycles. The molecule has 0 bridgehead atoms. The van der Waals surface area contributed by atoms with Gasteiger partial charge in [0, 0.05) is 13.2 Å². The summed E-state index contributed by atoms with van der Waals surface area (Å²) in [5.41, 5.74) is 0.848. The highest BCUT2D eigenvalue weighted by Gasteiger charge is 2.34. The first-order valence-electron chi connectivity index (χ1n) is 7.56. The Kier molecular flexibility index (Phi) is 7.33. The van der Waals surface area contributed by atoms with Crippen LogP contribution in [0.5, 0.6) is 0 Å². The second-order valence-corrected chi connectivity index (χ2v) is 6.79. The minimum Gasteiger partial charge on any atom is -0.374 e. The molecule has 1 aromatic heterocycles. The molecule has 6 heteroatoms. The van der Waals surface area contributed by atoms with Gasteiger partial charge in [0.1, 0.15) is 0 Å². The first-order chi connectivity index (χ1) is 9.83. The van der Waals surface area contributed by atoms with Crippen LogP contribution in [0.1, 0.15) is 39.4 Å². The quantitative estimate of drug-likeness (QED) is 0.734. The van der Waals surface area contributed by atoms with Crippen LogP contribution < -0.4 is 5.32 Å². The van der Waals surface area contributed by atoms with Crippen LogP contribution >= 0.6 is 15.9 Å². The van der Waals surface area contributed by atoms with Crippen LogP contribution in [0.4, 0.5) is 0 Å². The SMILES string of the molecule is CCNC(c1c(Br)cnn1CCN(C)C)C(C)(C)OCC. The van der Waals surface area contributed by atoms with Crippen LogP contribution in [0.25, 0.3) is 0 Å². The molecule has 0 radical (unpaired) electrons. The van der Waals surface area contributed by atoms with E-state index in [-0.39, 0.29) is 11.6 Å². The molecule has 0 aromatic carbocycles. The molecule has 1 unspecified atom stereocenters. The molecule has 0 fully saturated rings. The minimum absolute atomic E-state index is 0.0847. The van der Waals surface area contributed by atoms with Gasteiger partial charge in [0.25, 0.3) is 0 Å². The maximum atomic E-state index is 5.97. The standard InChI is InChI=1S/C15H29BrN4O/c1-7-17-14(15(3,4)21-8-2)13-12(16)11-18-20(13)10-9-19(5)6/h11,14,17H,7-10H2,1-6H3. The van der Waals surface area contributed by atoms with Crippen molar-refractivity contribution in [2.45, 2.75) is 45.9 Å². The molecule has 122 valence electrons. The lowest BCUT2D eigenvalue weighted by Gasteiger charge is -2.35. The predicted octanol–water partition coefficient (Wildman–Crippen LogP) is 2.67. The van der Waals surface area contributed by atoms with E-state index in [9.17, 15) is 0 Å². The smallest absolute Gasteiger partial charge is 0.0835 e. The lowest BCUT2D eigenvalue weighted by Crippen LogP contribution is -2.43. The first kappa shape index (κ1) is 18.6. The van der Waals surface area contributed by atoms with Crippen LogP contribution in [0.2, 0.25) is 0 Å². The van der Waals surface area contributed by atoms with Gasteiger partial charge in [0.15, 0.2) is 0 Å². The molecule has 1 heterocycles. The summed E-state index contributed by atoms with van der Waals surface area (Å²) in [7, 11) is 4.15. The van der Waals surface area contributed by atoms with Gasteiger partial charge in [0.2, 0.25) is 0 Å². The number of hydrogen-bond donors (Lipinski definition) is 1. The van der Waals surface area contributed by atoms with Gasteiger partial charge in [-0.05, 0) is 57.3 Å². The fourth-order valence-electron chi connectivity index (χ4n) is 2.46. The monoisotopic (exact) mass is 360 g/mol. The van der Waals surface area contributed by atoms with E-state index in [0.29, 0.717) is 6.61 Å². The second-order valence-electron chi connectivity index (χ2n) is 5.93. The van der Waals surface area contributed by atoms with Crippen LogP contribution in [0.15, 0.2) is 10.7 Å². The van der Waals surface area contributed by atoms with Gasteiger partial charge < -0.3 is 15.0 Å². The highest BCUT2D eigenvalue weighted by molar-refractivity contribution is 9.10. The first-order valence-corrected chi connectivity index (χ1v) is 8.36. The molecule has 0 aliphatic heterocycles.